The van der Waals surface area contributed by atoms with E-state index in [9.17, 15) is 10.1 Å². The fourth-order valence-electron chi connectivity index (χ4n) is 2.28. The molecule has 0 saturated carbocycles. The molecular formula is C20H21N3O3. The van der Waals surface area contributed by atoms with Gasteiger partial charge in [0.2, 0.25) is 0 Å². The number of benzene rings is 2. The molecule has 0 aliphatic heterocycles. The van der Waals surface area contributed by atoms with Crippen molar-refractivity contribution in [3.8, 4) is 17.6 Å². The first kappa shape index (κ1) is 18.9. The van der Waals surface area contributed by atoms with Gasteiger partial charge < -0.3 is 20.1 Å². The summed E-state index contributed by atoms with van der Waals surface area (Å²) in [6.45, 7) is 3.85. The fraction of sp³-hybridized carbons (Fsp3) is 0.200. The highest BCUT2D eigenvalue weighted by molar-refractivity contribution is 5.90. The molecule has 2 aromatic carbocycles. The second-order valence-corrected chi connectivity index (χ2v) is 5.49. The molecule has 134 valence electrons. The van der Waals surface area contributed by atoms with Crippen molar-refractivity contribution in [1.82, 2.24) is 0 Å². The molecule has 0 saturated heterocycles. The van der Waals surface area contributed by atoms with E-state index in [-0.39, 0.29) is 12.3 Å². The maximum Gasteiger partial charge on any atom is 0.174 e. The summed E-state index contributed by atoms with van der Waals surface area (Å²) < 4.78 is 10.2. The van der Waals surface area contributed by atoms with Gasteiger partial charge in [-0.05, 0) is 48.5 Å². The SMILES string of the molecule is C=C(Nc1ccc(OC)cc1)[C@@H](C#N)C(=O)CNc1ccc(OC)cc1. The van der Waals surface area contributed by atoms with Gasteiger partial charge in [0.05, 0.1) is 26.8 Å². The van der Waals surface area contributed by atoms with Crippen LogP contribution in [0.2, 0.25) is 0 Å². The van der Waals surface area contributed by atoms with Gasteiger partial charge in [-0.3, -0.25) is 4.79 Å². The van der Waals surface area contributed by atoms with Crippen LogP contribution < -0.4 is 20.1 Å². The molecule has 0 fully saturated rings. The predicted octanol–water partition coefficient (Wildman–Crippen LogP) is 3.45. The molecule has 0 bridgehead atoms. The smallest absolute Gasteiger partial charge is 0.174 e. The van der Waals surface area contributed by atoms with Gasteiger partial charge in [0.25, 0.3) is 0 Å². The van der Waals surface area contributed by atoms with E-state index in [2.05, 4.69) is 17.2 Å². The summed E-state index contributed by atoms with van der Waals surface area (Å²) in [5.41, 5.74) is 1.83. The molecule has 6 heteroatoms. The van der Waals surface area contributed by atoms with E-state index in [1.165, 1.54) is 0 Å². The van der Waals surface area contributed by atoms with Crippen molar-refractivity contribution >= 4 is 17.2 Å². The number of carbonyl (C=O) groups is 1. The minimum Gasteiger partial charge on any atom is -0.497 e. The lowest BCUT2D eigenvalue weighted by Crippen LogP contribution is -2.25. The van der Waals surface area contributed by atoms with E-state index in [0.29, 0.717) is 5.70 Å². The number of nitrogens with one attached hydrogen (secondary N) is 2. The number of ether oxygens (including phenoxy) is 2. The lowest BCUT2D eigenvalue weighted by Gasteiger charge is -2.15. The number of rotatable bonds is 9. The first-order valence-corrected chi connectivity index (χ1v) is 7.97. The zero-order chi connectivity index (χ0) is 18.9. The molecule has 1 atom stereocenters. The Bertz CT molecular complexity index is 793. The average Bonchev–Trinajstić information content (AvgIpc) is 2.68. The van der Waals surface area contributed by atoms with E-state index in [4.69, 9.17) is 9.47 Å². The van der Waals surface area contributed by atoms with Crippen molar-refractivity contribution in [2.24, 2.45) is 5.92 Å². The molecule has 26 heavy (non-hydrogen) atoms. The Kier molecular flexibility index (Phi) is 6.63. The number of nitrogens with zero attached hydrogens (tertiary/aromatic N) is 1. The standard InChI is InChI=1S/C20H21N3O3/c1-14(23-16-6-10-18(26-3)11-7-16)19(12-21)20(24)13-22-15-4-8-17(25-2)9-5-15/h4-11,19,22-23H,1,13H2,2-3H3/t19-/m1/s1. The van der Waals surface area contributed by atoms with Gasteiger partial charge in [-0.15, -0.1) is 0 Å². The van der Waals surface area contributed by atoms with Crippen molar-refractivity contribution in [2.75, 3.05) is 31.4 Å². The van der Waals surface area contributed by atoms with Crippen molar-refractivity contribution < 1.29 is 14.3 Å². The van der Waals surface area contributed by atoms with E-state index in [1.54, 1.807) is 62.8 Å². The highest BCUT2D eigenvalue weighted by atomic mass is 16.5. The molecule has 2 rings (SSSR count). The third-order valence-electron chi connectivity index (χ3n) is 3.75. The van der Waals surface area contributed by atoms with Gasteiger partial charge in [0.1, 0.15) is 17.4 Å². The normalized spacial score (nSPS) is 11.0. The number of anilines is 2. The van der Waals surface area contributed by atoms with Crippen LogP contribution in [0.3, 0.4) is 0 Å². The van der Waals surface area contributed by atoms with Gasteiger partial charge in [-0.1, -0.05) is 6.58 Å². The van der Waals surface area contributed by atoms with Gasteiger partial charge in [-0.2, -0.15) is 5.26 Å². The molecular weight excluding hydrogens is 330 g/mol. The Labute approximate surface area is 153 Å². The zero-order valence-electron chi connectivity index (χ0n) is 14.8. The summed E-state index contributed by atoms with van der Waals surface area (Å²) in [7, 11) is 3.17. The quantitative estimate of drug-likeness (QED) is 0.720. The minimum atomic E-state index is -0.956. The molecule has 0 unspecified atom stereocenters. The first-order chi connectivity index (χ1) is 12.6. The Morgan fingerprint density at radius 2 is 1.54 bits per heavy atom. The van der Waals surface area contributed by atoms with Crippen LogP contribution in [0.4, 0.5) is 11.4 Å². The van der Waals surface area contributed by atoms with Gasteiger partial charge in [0, 0.05) is 17.1 Å². The third-order valence-corrected chi connectivity index (χ3v) is 3.75. The third kappa shape index (κ3) is 5.02. The molecule has 0 radical (unpaired) electrons. The summed E-state index contributed by atoms with van der Waals surface area (Å²) in [5, 5.41) is 15.4. The highest BCUT2D eigenvalue weighted by Crippen LogP contribution is 2.20. The van der Waals surface area contributed by atoms with Crippen LogP contribution in [0, 0.1) is 17.2 Å². The lowest BCUT2D eigenvalue weighted by atomic mass is 10.0. The fourth-order valence-corrected chi connectivity index (χ4v) is 2.28. The van der Waals surface area contributed by atoms with Crippen molar-refractivity contribution in [1.29, 1.82) is 5.26 Å². The van der Waals surface area contributed by atoms with Crippen LogP contribution in [0.15, 0.2) is 60.8 Å². The number of methoxy groups -OCH3 is 2. The van der Waals surface area contributed by atoms with E-state index in [0.717, 1.165) is 22.9 Å². The molecule has 2 N–H and O–H groups in total. The lowest BCUT2D eigenvalue weighted by molar-refractivity contribution is -0.118. The summed E-state index contributed by atoms with van der Waals surface area (Å²) in [6, 6.07) is 16.3. The second kappa shape index (κ2) is 9.14. The maximum atomic E-state index is 12.4. The van der Waals surface area contributed by atoms with Crippen molar-refractivity contribution in [2.45, 2.75) is 0 Å². The Hall–Kier alpha value is -3.46. The Morgan fingerprint density at radius 1 is 1.04 bits per heavy atom. The molecule has 6 nitrogen and oxygen atoms in total. The maximum absolute atomic E-state index is 12.4. The van der Waals surface area contributed by atoms with Crippen LogP contribution in [0.25, 0.3) is 0 Å². The monoisotopic (exact) mass is 351 g/mol. The van der Waals surface area contributed by atoms with Crippen molar-refractivity contribution in [3.05, 3.63) is 60.8 Å². The summed E-state index contributed by atoms with van der Waals surface area (Å²) in [4.78, 5) is 12.4. The minimum absolute atomic E-state index is 0.0217. The molecule has 0 aromatic heterocycles. The number of Topliss-reactive ketones (excluding diaryl/α,β-unsaturated/α-hetero) is 1. The molecule has 0 spiro atoms. The average molecular weight is 351 g/mol. The zero-order valence-corrected chi connectivity index (χ0v) is 14.8. The number of carbonyl (C=O) groups excluding carboxylic acids is 1. The molecule has 0 heterocycles. The molecule has 0 aliphatic carbocycles. The number of hydrogen-bond donors (Lipinski definition) is 2. The summed E-state index contributed by atoms with van der Waals surface area (Å²) in [6.07, 6.45) is 0. The second-order valence-electron chi connectivity index (χ2n) is 5.49. The van der Waals surface area contributed by atoms with Gasteiger partial charge in [-0.25, -0.2) is 0 Å². The van der Waals surface area contributed by atoms with Crippen LogP contribution >= 0.6 is 0 Å². The molecule has 0 aliphatic rings. The largest absolute Gasteiger partial charge is 0.497 e. The summed E-state index contributed by atoms with van der Waals surface area (Å²) in [5.74, 6) is 0.226. The van der Waals surface area contributed by atoms with Crippen LogP contribution in [0.5, 0.6) is 11.5 Å². The predicted molar refractivity (Wildman–Crippen MR) is 101 cm³/mol. The first-order valence-electron chi connectivity index (χ1n) is 7.97. The van der Waals surface area contributed by atoms with Gasteiger partial charge >= 0.3 is 0 Å². The number of nitriles is 1. The Balaban J connectivity index is 1.93. The van der Waals surface area contributed by atoms with E-state index >= 15 is 0 Å². The van der Waals surface area contributed by atoms with E-state index in [1.807, 2.05) is 6.07 Å². The number of ketones is 1. The number of allylic oxidation sites excluding steroid dienone is 1. The topological polar surface area (TPSA) is 83.4 Å². The van der Waals surface area contributed by atoms with Crippen LogP contribution in [-0.4, -0.2) is 26.5 Å². The molecule has 2 aromatic rings. The summed E-state index contributed by atoms with van der Waals surface area (Å²) >= 11 is 0. The van der Waals surface area contributed by atoms with Crippen molar-refractivity contribution in [3.63, 3.8) is 0 Å². The van der Waals surface area contributed by atoms with Crippen LogP contribution in [-0.2, 0) is 4.79 Å². The van der Waals surface area contributed by atoms with Gasteiger partial charge in [0.15, 0.2) is 5.78 Å². The Morgan fingerprint density at radius 3 is 2.00 bits per heavy atom. The number of hydrogen-bond acceptors (Lipinski definition) is 6. The van der Waals surface area contributed by atoms with Crippen LogP contribution in [0.1, 0.15) is 0 Å². The van der Waals surface area contributed by atoms with E-state index < -0.39 is 5.92 Å². The highest BCUT2D eigenvalue weighted by Gasteiger charge is 2.21. The molecule has 0 amide bonds.